The molecule has 106 valence electrons. The average Bonchev–Trinajstić information content (AvgIpc) is 2.50. The number of rotatable bonds is 3. The zero-order chi connectivity index (χ0) is 14.8. The minimum Gasteiger partial charge on any atom is -0.308 e. The van der Waals surface area contributed by atoms with Crippen molar-refractivity contribution in [3.05, 3.63) is 65.4 Å². The van der Waals surface area contributed by atoms with Crippen LogP contribution in [0.5, 0.6) is 0 Å². The number of aryl methyl sites for hydroxylation is 2. The first-order valence-electron chi connectivity index (χ1n) is 7.00. The van der Waals surface area contributed by atoms with Crippen LogP contribution in [0.4, 0.5) is 0 Å². The predicted molar refractivity (Wildman–Crippen MR) is 84.2 cm³/mol. The maximum absolute atomic E-state index is 4.54. The molecular formula is C17H18N4. The minimum absolute atomic E-state index is 0.0313. The maximum Gasteiger partial charge on any atom is 0.0801 e. The largest absolute Gasteiger partial charge is 0.308 e. The van der Waals surface area contributed by atoms with Crippen LogP contribution in [-0.2, 0) is 0 Å². The van der Waals surface area contributed by atoms with Crippen molar-refractivity contribution < 1.29 is 0 Å². The van der Waals surface area contributed by atoms with E-state index in [4.69, 9.17) is 0 Å². The summed E-state index contributed by atoms with van der Waals surface area (Å²) in [7, 11) is 1.93. The molecule has 0 amide bonds. The fourth-order valence-electron chi connectivity index (χ4n) is 2.46. The van der Waals surface area contributed by atoms with E-state index in [1.165, 1.54) is 0 Å². The molecule has 1 aromatic carbocycles. The predicted octanol–water partition coefficient (Wildman–Crippen LogP) is 2.95. The second-order valence-electron chi connectivity index (χ2n) is 5.21. The molecule has 3 aromatic rings. The van der Waals surface area contributed by atoms with Gasteiger partial charge in [0.1, 0.15) is 0 Å². The van der Waals surface area contributed by atoms with Crippen LogP contribution >= 0.6 is 0 Å². The van der Waals surface area contributed by atoms with Crippen molar-refractivity contribution in [2.45, 2.75) is 19.9 Å². The minimum atomic E-state index is 0.0313. The maximum atomic E-state index is 4.54. The molecule has 1 N–H and O–H groups in total. The Morgan fingerprint density at radius 2 is 1.81 bits per heavy atom. The Morgan fingerprint density at radius 3 is 2.52 bits per heavy atom. The Kier molecular flexibility index (Phi) is 3.62. The lowest BCUT2D eigenvalue weighted by Gasteiger charge is -2.16. The van der Waals surface area contributed by atoms with Crippen LogP contribution in [0.25, 0.3) is 10.9 Å². The summed E-state index contributed by atoms with van der Waals surface area (Å²) >= 11 is 0. The molecule has 0 aliphatic rings. The van der Waals surface area contributed by atoms with Crippen molar-refractivity contribution >= 4 is 10.9 Å². The van der Waals surface area contributed by atoms with Crippen LogP contribution < -0.4 is 5.32 Å². The molecule has 0 fully saturated rings. The van der Waals surface area contributed by atoms with Crippen molar-refractivity contribution in [3.63, 3.8) is 0 Å². The number of benzene rings is 1. The number of hydrogen-bond acceptors (Lipinski definition) is 4. The first-order valence-corrected chi connectivity index (χ1v) is 7.00. The molecule has 0 aliphatic heterocycles. The quantitative estimate of drug-likeness (QED) is 0.800. The summed E-state index contributed by atoms with van der Waals surface area (Å²) in [6.07, 6.45) is 3.62. The van der Waals surface area contributed by atoms with Crippen LogP contribution in [0.3, 0.4) is 0 Å². The van der Waals surface area contributed by atoms with Gasteiger partial charge in [0.25, 0.3) is 0 Å². The molecule has 2 aromatic heterocycles. The lowest BCUT2D eigenvalue weighted by molar-refractivity contribution is 0.666. The first kappa shape index (κ1) is 13.6. The van der Waals surface area contributed by atoms with Crippen molar-refractivity contribution in [2.24, 2.45) is 0 Å². The molecule has 0 saturated carbocycles. The summed E-state index contributed by atoms with van der Waals surface area (Å²) in [6, 6.07) is 10.5. The van der Waals surface area contributed by atoms with Crippen LogP contribution in [0, 0.1) is 13.8 Å². The summed E-state index contributed by atoms with van der Waals surface area (Å²) in [4.78, 5) is 13.3. The Hall–Kier alpha value is -2.33. The van der Waals surface area contributed by atoms with E-state index in [-0.39, 0.29) is 6.04 Å². The van der Waals surface area contributed by atoms with Gasteiger partial charge in [-0.1, -0.05) is 12.1 Å². The van der Waals surface area contributed by atoms with Gasteiger partial charge in [0.2, 0.25) is 0 Å². The van der Waals surface area contributed by atoms with Gasteiger partial charge in [0, 0.05) is 17.3 Å². The van der Waals surface area contributed by atoms with E-state index in [0.717, 1.165) is 33.5 Å². The van der Waals surface area contributed by atoms with Gasteiger partial charge < -0.3 is 5.32 Å². The van der Waals surface area contributed by atoms with Gasteiger partial charge in [-0.25, -0.2) is 0 Å². The third-order valence-corrected chi connectivity index (χ3v) is 3.57. The Bertz CT molecular complexity index is 765. The monoisotopic (exact) mass is 278 g/mol. The third kappa shape index (κ3) is 2.76. The number of hydrogen-bond donors (Lipinski definition) is 1. The van der Waals surface area contributed by atoms with Gasteiger partial charge in [-0.15, -0.1) is 0 Å². The molecule has 4 nitrogen and oxygen atoms in total. The number of nitrogens with zero attached hydrogens (tertiary/aromatic N) is 3. The summed E-state index contributed by atoms with van der Waals surface area (Å²) in [5, 5.41) is 4.44. The molecule has 0 spiro atoms. The standard InChI is InChI=1S/C17H18N4/c1-11-4-5-13-8-14(6-7-15(13)21-11)17(18-3)16-10-19-12(2)9-20-16/h4-10,17-18H,1-3H3. The number of aromatic nitrogens is 3. The fraction of sp³-hybridized carbons (Fsp3) is 0.235. The molecule has 0 radical (unpaired) electrons. The first-order chi connectivity index (χ1) is 10.2. The topological polar surface area (TPSA) is 50.7 Å². The lowest BCUT2D eigenvalue weighted by Crippen LogP contribution is -2.19. The SMILES string of the molecule is CNC(c1ccc2nc(C)ccc2c1)c1cnc(C)cn1. The van der Waals surface area contributed by atoms with E-state index in [1.54, 1.807) is 6.20 Å². The highest BCUT2D eigenvalue weighted by Gasteiger charge is 2.14. The van der Waals surface area contributed by atoms with E-state index in [2.05, 4.69) is 44.5 Å². The normalized spacial score (nSPS) is 12.5. The molecule has 3 rings (SSSR count). The molecule has 2 heterocycles. The highest BCUT2D eigenvalue weighted by atomic mass is 14.9. The molecule has 0 bridgehead atoms. The van der Waals surface area contributed by atoms with Gasteiger partial charge >= 0.3 is 0 Å². The zero-order valence-electron chi connectivity index (χ0n) is 12.5. The van der Waals surface area contributed by atoms with Gasteiger partial charge in [0.15, 0.2) is 0 Å². The van der Waals surface area contributed by atoms with E-state index in [0.29, 0.717) is 0 Å². The van der Waals surface area contributed by atoms with Gasteiger partial charge in [-0.3, -0.25) is 15.0 Å². The van der Waals surface area contributed by atoms with Crippen molar-refractivity contribution in [2.75, 3.05) is 7.05 Å². The molecule has 1 unspecified atom stereocenters. The second-order valence-corrected chi connectivity index (χ2v) is 5.21. The summed E-state index contributed by atoms with van der Waals surface area (Å²) < 4.78 is 0. The highest BCUT2D eigenvalue weighted by Crippen LogP contribution is 2.23. The zero-order valence-corrected chi connectivity index (χ0v) is 12.5. The van der Waals surface area contributed by atoms with Crippen LogP contribution in [-0.4, -0.2) is 22.0 Å². The Balaban J connectivity index is 2.04. The molecule has 0 saturated heterocycles. The average molecular weight is 278 g/mol. The molecule has 4 heteroatoms. The van der Waals surface area contributed by atoms with Crippen LogP contribution in [0.1, 0.15) is 28.7 Å². The highest BCUT2D eigenvalue weighted by molar-refractivity contribution is 5.79. The molecule has 1 atom stereocenters. The van der Waals surface area contributed by atoms with Crippen LogP contribution in [0.2, 0.25) is 0 Å². The van der Waals surface area contributed by atoms with Gasteiger partial charge in [-0.05, 0) is 44.7 Å². The van der Waals surface area contributed by atoms with Crippen molar-refractivity contribution in [3.8, 4) is 0 Å². The van der Waals surface area contributed by atoms with Gasteiger partial charge in [0.05, 0.1) is 29.1 Å². The van der Waals surface area contributed by atoms with E-state index < -0.39 is 0 Å². The van der Waals surface area contributed by atoms with Crippen molar-refractivity contribution in [1.82, 2.24) is 20.3 Å². The molecule has 0 aliphatic carbocycles. The number of fused-ring (bicyclic) bond motifs is 1. The number of pyridine rings is 1. The Morgan fingerprint density at radius 1 is 0.952 bits per heavy atom. The van der Waals surface area contributed by atoms with Gasteiger partial charge in [-0.2, -0.15) is 0 Å². The summed E-state index contributed by atoms with van der Waals surface area (Å²) in [5.41, 5.74) is 5.05. The summed E-state index contributed by atoms with van der Waals surface area (Å²) in [6.45, 7) is 3.95. The van der Waals surface area contributed by atoms with Crippen LogP contribution in [0.15, 0.2) is 42.7 Å². The van der Waals surface area contributed by atoms with E-state index in [9.17, 15) is 0 Å². The Labute approximate surface area is 124 Å². The second kappa shape index (κ2) is 5.58. The molecular weight excluding hydrogens is 260 g/mol. The summed E-state index contributed by atoms with van der Waals surface area (Å²) in [5.74, 6) is 0. The van der Waals surface area contributed by atoms with Crippen molar-refractivity contribution in [1.29, 1.82) is 0 Å². The third-order valence-electron chi connectivity index (χ3n) is 3.57. The number of nitrogens with one attached hydrogen (secondary N) is 1. The molecule has 21 heavy (non-hydrogen) atoms. The fourth-order valence-corrected chi connectivity index (χ4v) is 2.46. The van der Waals surface area contributed by atoms with E-state index in [1.807, 2.05) is 33.2 Å². The lowest BCUT2D eigenvalue weighted by atomic mass is 10.0. The smallest absolute Gasteiger partial charge is 0.0801 e. The van der Waals surface area contributed by atoms with E-state index >= 15 is 0 Å².